The van der Waals surface area contributed by atoms with Gasteiger partial charge in [-0.2, -0.15) is 5.10 Å². The summed E-state index contributed by atoms with van der Waals surface area (Å²) in [6.45, 7) is 8.12. The first-order valence-corrected chi connectivity index (χ1v) is 10.5. The van der Waals surface area contributed by atoms with Crippen LogP contribution < -0.4 is 0 Å². The quantitative estimate of drug-likeness (QED) is 0.779. The minimum atomic E-state index is -0.293. The minimum absolute atomic E-state index is 0.0337. The topological polar surface area (TPSA) is 39.2 Å². The van der Waals surface area contributed by atoms with Crippen molar-refractivity contribution in [3.8, 4) is 0 Å². The summed E-state index contributed by atoms with van der Waals surface area (Å²) in [5, 5.41) is 6.34. The Balaban J connectivity index is 1.61. The molecule has 1 atom stereocenters. The average Bonchev–Trinajstić information content (AvgIpc) is 3.15. The van der Waals surface area contributed by atoms with E-state index in [0.29, 0.717) is 13.0 Å². The van der Waals surface area contributed by atoms with Crippen molar-refractivity contribution in [1.82, 2.24) is 14.8 Å². The molecule has 0 bridgehead atoms. The van der Waals surface area contributed by atoms with Crippen LogP contribution in [0.5, 0.6) is 0 Å². The van der Waals surface area contributed by atoms with Crippen LogP contribution in [0, 0.1) is 19.7 Å². The van der Waals surface area contributed by atoms with Gasteiger partial charge in [-0.05, 0) is 44.2 Å². The number of benzene rings is 2. The Bertz CT molecular complexity index is 965. The molecule has 4 rings (SSSR count). The van der Waals surface area contributed by atoms with Crippen molar-refractivity contribution in [1.29, 1.82) is 0 Å². The molecule has 158 valence electrons. The summed E-state index contributed by atoms with van der Waals surface area (Å²) in [6.07, 6.45) is 0.585. The molecule has 0 saturated carbocycles. The Morgan fingerprint density at radius 2 is 1.87 bits per heavy atom. The zero-order chi connectivity index (χ0) is 21.3. The highest BCUT2D eigenvalue weighted by Crippen LogP contribution is 2.34. The monoisotopic (exact) mass is 408 g/mol. The van der Waals surface area contributed by atoms with E-state index in [2.05, 4.69) is 48.9 Å². The van der Waals surface area contributed by atoms with Crippen LogP contribution >= 0.6 is 0 Å². The molecule has 0 radical (unpaired) electrons. The van der Waals surface area contributed by atoms with Gasteiger partial charge in [0, 0.05) is 38.2 Å². The molecular formula is C24H29FN4O. The van der Waals surface area contributed by atoms with E-state index in [-0.39, 0.29) is 17.8 Å². The largest absolute Gasteiger partial charge is 0.304 e. The fourth-order valence-corrected chi connectivity index (χ4v) is 4.28. The van der Waals surface area contributed by atoms with Gasteiger partial charge < -0.3 is 4.90 Å². The number of hydrogen-bond donors (Lipinski definition) is 0. The number of hydrogen-bond acceptors (Lipinski definition) is 4. The lowest BCUT2D eigenvalue weighted by Crippen LogP contribution is -2.48. The van der Waals surface area contributed by atoms with Crippen LogP contribution in [0.25, 0.3) is 0 Å². The maximum atomic E-state index is 13.9. The molecular weight excluding hydrogens is 379 g/mol. The fourth-order valence-electron chi connectivity index (χ4n) is 4.28. The van der Waals surface area contributed by atoms with Crippen molar-refractivity contribution in [2.24, 2.45) is 5.10 Å². The molecule has 2 aliphatic rings. The first-order valence-electron chi connectivity index (χ1n) is 10.5. The highest BCUT2D eigenvalue weighted by Gasteiger charge is 2.34. The summed E-state index contributed by atoms with van der Waals surface area (Å²) in [5.41, 5.74) is 5.05. The Morgan fingerprint density at radius 3 is 2.57 bits per heavy atom. The zero-order valence-corrected chi connectivity index (χ0v) is 17.9. The first kappa shape index (κ1) is 20.7. The lowest BCUT2D eigenvalue weighted by molar-refractivity contribution is -0.134. The molecule has 2 aromatic carbocycles. The highest BCUT2D eigenvalue weighted by atomic mass is 19.1. The van der Waals surface area contributed by atoms with Crippen LogP contribution in [-0.2, 0) is 4.79 Å². The number of halogens is 1. The molecule has 2 aliphatic heterocycles. The number of nitrogens with zero attached hydrogens (tertiary/aromatic N) is 4. The second kappa shape index (κ2) is 8.66. The van der Waals surface area contributed by atoms with Crippen molar-refractivity contribution in [2.45, 2.75) is 26.3 Å². The predicted molar refractivity (Wildman–Crippen MR) is 117 cm³/mol. The maximum absolute atomic E-state index is 13.9. The Hall–Kier alpha value is -2.57. The number of hydrazone groups is 1. The number of likely N-dealkylation sites (N-methyl/N-ethyl adjacent to an activating group) is 1. The second-order valence-corrected chi connectivity index (χ2v) is 8.46. The number of piperazine rings is 1. The maximum Gasteiger partial charge on any atom is 0.257 e. The lowest BCUT2D eigenvalue weighted by Gasteiger charge is -2.33. The third-order valence-electron chi connectivity index (χ3n) is 6.05. The van der Waals surface area contributed by atoms with Crippen LogP contribution in [0.4, 0.5) is 4.39 Å². The third kappa shape index (κ3) is 4.45. The zero-order valence-electron chi connectivity index (χ0n) is 17.9. The summed E-state index contributed by atoms with van der Waals surface area (Å²) in [4.78, 5) is 17.7. The van der Waals surface area contributed by atoms with Gasteiger partial charge in [-0.1, -0.05) is 35.9 Å². The molecule has 0 aromatic heterocycles. The number of carbonyl (C=O) groups is 1. The Kier molecular flexibility index (Phi) is 5.97. The molecule has 5 nitrogen and oxygen atoms in total. The number of aryl methyl sites for hydroxylation is 2. The molecule has 30 heavy (non-hydrogen) atoms. The number of carbonyl (C=O) groups excluding carboxylic acids is 1. The van der Waals surface area contributed by atoms with E-state index >= 15 is 0 Å². The average molecular weight is 409 g/mol. The summed E-state index contributed by atoms with van der Waals surface area (Å²) < 4.78 is 13.9. The highest BCUT2D eigenvalue weighted by molar-refractivity contribution is 6.04. The molecule has 0 N–H and O–H groups in total. The van der Waals surface area contributed by atoms with Gasteiger partial charge in [-0.3, -0.25) is 9.69 Å². The van der Waals surface area contributed by atoms with Crippen LogP contribution in [0.15, 0.2) is 47.6 Å². The number of rotatable bonds is 4. The first-order chi connectivity index (χ1) is 14.4. The summed E-state index contributed by atoms with van der Waals surface area (Å²) in [7, 11) is 2.10. The van der Waals surface area contributed by atoms with Gasteiger partial charge in [0.15, 0.2) is 0 Å². The van der Waals surface area contributed by atoms with E-state index in [1.165, 1.54) is 17.7 Å². The van der Waals surface area contributed by atoms with Crippen molar-refractivity contribution in [3.05, 3.63) is 70.5 Å². The van der Waals surface area contributed by atoms with Gasteiger partial charge in [0.25, 0.3) is 5.91 Å². The molecule has 1 saturated heterocycles. The number of amides is 1. The van der Waals surface area contributed by atoms with Crippen LogP contribution in [0.2, 0.25) is 0 Å². The Morgan fingerprint density at radius 1 is 1.10 bits per heavy atom. The van der Waals surface area contributed by atoms with E-state index < -0.39 is 0 Å². The smallest absolute Gasteiger partial charge is 0.257 e. The molecule has 2 heterocycles. The lowest BCUT2D eigenvalue weighted by atomic mass is 9.95. The molecule has 6 heteroatoms. The van der Waals surface area contributed by atoms with Gasteiger partial charge in [-0.25, -0.2) is 9.40 Å². The third-order valence-corrected chi connectivity index (χ3v) is 6.05. The molecule has 1 amide bonds. The van der Waals surface area contributed by atoms with Crippen molar-refractivity contribution >= 4 is 11.6 Å². The van der Waals surface area contributed by atoms with E-state index in [0.717, 1.165) is 48.6 Å². The van der Waals surface area contributed by atoms with E-state index in [1.807, 2.05) is 6.07 Å². The molecule has 2 aromatic rings. The standard InChI is InChI=1S/C24H29FN4O/c1-17-7-8-21(18(2)13-17)22-15-23(19-5-4-6-20(25)14-19)29(26-22)24(30)16-28-11-9-27(3)10-12-28/h4-8,13-14,23H,9-12,15-16H2,1-3H3. The van der Waals surface area contributed by atoms with Gasteiger partial charge in [-0.15, -0.1) is 0 Å². The SMILES string of the molecule is Cc1ccc(C2=NN(C(=O)CN3CCN(C)CC3)C(c3cccc(F)c3)C2)c(C)c1. The summed E-state index contributed by atoms with van der Waals surface area (Å²) in [5.74, 6) is -0.326. The summed E-state index contributed by atoms with van der Waals surface area (Å²) >= 11 is 0. The van der Waals surface area contributed by atoms with Crippen molar-refractivity contribution in [2.75, 3.05) is 39.8 Å². The van der Waals surface area contributed by atoms with Gasteiger partial charge >= 0.3 is 0 Å². The second-order valence-electron chi connectivity index (χ2n) is 8.46. The van der Waals surface area contributed by atoms with Gasteiger partial charge in [0.1, 0.15) is 5.82 Å². The molecule has 0 spiro atoms. The molecule has 0 aliphatic carbocycles. The van der Waals surface area contributed by atoms with Crippen LogP contribution in [-0.4, -0.2) is 66.2 Å². The van der Waals surface area contributed by atoms with Crippen molar-refractivity contribution in [3.63, 3.8) is 0 Å². The van der Waals surface area contributed by atoms with Gasteiger partial charge in [0.2, 0.25) is 0 Å². The van der Waals surface area contributed by atoms with E-state index in [4.69, 9.17) is 5.10 Å². The van der Waals surface area contributed by atoms with Gasteiger partial charge in [0.05, 0.1) is 18.3 Å². The van der Waals surface area contributed by atoms with Crippen molar-refractivity contribution < 1.29 is 9.18 Å². The van der Waals surface area contributed by atoms with Crippen LogP contribution in [0.3, 0.4) is 0 Å². The normalized spacial score (nSPS) is 20.5. The van der Waals surface area contributed by atoms with Crippen LogP contribution in [0.1, 0.15) is 34.7 Å². The minimum Gasteiger partial charge on any atom is -0.304 e. The molecule has 1 fully saturated rings. The van der Waals surface area contributed by atoms with E-state index in [1.54, 1.807) is 11.1 Å². The fraction of sp³-hybridized carbons (Fsp3) is 0.417. The summed E-state index contributed by atoms with van der Waals surface area (Å²) in [6, 6.07) is 12.5. The van der Waals surface area contributed by atoms with E-state index in [9.17, 15) is 9.18 Å². The predicted octanol–water partition coefficient (Wildman–Crippen LogP) is 3.37. The Labute approximate surface area is 177 Å². The molecule has 1 unspecified atom stereocenters.